The Kier molecular flexibility index (Phi) is 5.81. The molecule has 3 rings (SSSR count). The number of fused-ring (bicyclic) bond motifs is 1. The Morgan fingerprint density at radius 2 is 1.89 bits per heavy atom. The standard InChI is InChI=1S/C19H20F3N3O3/c1-26-14-5-3-12(15(10-14)19(20,21)22)11-24-18(23)25-13-4-6-16-17(9-13)28-8-2-7-27-16/h3-6,9-10H,2,7-8,11H2,1H3,(H3,23,24,25). The van der Waals surface area contributed by atoms with E-state index >= 15 is 0 Å². The van der Waals surface area contributed by atoms with Crippen molar-refractivity contribution >= 4 is 11.6 Å². The third-order valence-electron chi connectivity index (χ3n) is 4.06. The third kappa shape index (κ3) is 4.79. The fraction of sp³-hybridized carbons (Fsp3) is 0.316. The number of hydrogen-bond acceptors (Lipinski definition) is 4. The molecule has 0 spiro atoms. The van der Waals surface area contributed by atoms with Gasteiger partial charge in [-0.2, -0.15) is 13.2 Å². The molecule has 0 fully saturated rings. The predicted molar refractivity (Wildman–Crippen MR) is 99.0 cm³/mol. The van der Waals surface area contributed by atoms with Gasteiger partial charge < -0.3 is 25.3 Å². The first kappa shape index (κ1) is 19.7. The van der Waals surface area contributed by atoms with Gasteiger partial charge in [0.05, 0.1) is 32.4 Å². The fourth-order valence-corrected chi connectivity index (χ4v) is 2.68. The molecule has 0 unspecified atom stereocenters. The fourth-order valence-electron chi connectivity index (χ4n) is 2.68. The van der Waals surface area contributed by atoms with Gasteiger partial charge in [0.1, 0.15) is 5.75 Å². The number of nitrogens with one attached hydrogen (secondary N) is 1. The number of aliphatic imine (C=N–C) groups is 1. The summed E-state index contributed by atoms with van der Waals surface area (Å²) in [6.45, 7) is 0.882. The van der Waals surface area contributed by atoms with Gasteiger partial charge >= 0.3 is 6.18 Å². The number of alkyl halides is 3. The number of benzene rings is 2. The molecule has 0 amide bonds. The second kappa shape index (κ2) is 8.28. The molecule has 0 aliphatic carbocycles. The zero-order valence-corrected chi connectivity index (χ0v) is 15.2. The lowest BCUT2D eigenvalue weighted by atomic mass is 10.1. The van der Waals surface area contributed by atoms with E-state index in [1.807, 2.05) is 0 Å². The molecule has 1 aliphatic heterocycles. The van der Waals surface area contributed by atoms with Crippen LogP contribution in [0.25, 0.3) is 0 Å². The van der Waals surface area contributed by atoms with Crippen molar-refractivity contribution < 1.29 is 27.4 Å². The third-order valence-corrected chi connectivity index (χ3v) is 4.06. The molecular formula is C19H20F3N3O3. The molecule has 1 heterocycles. The van der Waals surface area contributed by atoms with Crippen LogP contribution in [-0.2, 0) is 12.7 Å². The number of methoxy groups -OCH3 is 1. The van der Waals surface area contributed by atoms with Crippen molar-refractivity contribution in [3.63, 3.8) is 0 Å². The first-order valence-electron chi connectivity index (χ1n) is 8.57. The van der Waals surface area contributed by atoms with E-state index in [-0.39, 0.29) is 23.8 Å². The molecular weight excluding hydrogens is 375 g/mol. The minimum absolute atomic E-state index is 0.00304. The number of rotatable bonds is 4. The van der Waals surface area contributed by atoms with Gasteiger partial charge in [-0.15, -0.1) is 0 Å². The van der Waals surface area contributed by atoms with E-state index in [0.717, 1.165) is 12.5 Å². The smallest absolute Gasteiger partial charge is 0.416 e. The highest BCUT2D eigenvalue weighted by molar-refractivity contribution is 5.92. The molecule has 150 valence electrons. The lowest BCUT2D eigenvalue weighted by Crippen LogP contribution is -2.23. The Hall–Kier alpha value is -3.10. The van der Waals surface area contributed by atoms with E-state index in [9.17, 15) is 13.2 Å². The summed E-state index contributed by atoms with van der Waals surface area (Å²) in [5.74, 6) is 1.31. The van der Waals surface area contributed by atoms with Gasteiger partial charge in [0, 0.05) is 18.2 Å². The number of hydrogen-bond donors (Lipinski definition) is 2. The monoisotopic (exact) mass is 395 g/mol. The van der Waals surface area contributed by atoms with Crippen molar-refractivity contribution in [3.05, 3.63) is 47.5 Å². The lowest BCUT2D eigenvalue weighted by Gasteiger charge is -2.14. The number of halogens is 3. The molecule has 0 bridgehead atoms. The Labute approximate surface area is 160 Å². The molecule has 3 N–H and O–H groups in total. The molecule has 0 saturated heterocycles. The number of anilines is 1. The summed E-state index contributed by atoms with van der Waals surface area (Å²) >= 11 is 0. The minimum Gasteiger partial charge on any atom is -0.497 e. The van der Waals surface area contributed by atoms with Crippen LogP contribution >= 0.6 is 0 Å². The van der Waals surface area contributed by atoms with Gasteiger partial charge in [0.25, 0.3) is 0 Å². The first-order valence-corrected chi connectivity index (χ1v) is 8.57. The van der Waals surface area contributed by atoms with Crippen molar-refractivity contribution in [2.45, 2.75) is 19.1 Å². The van der Waals surface area contributed by atoms with E-state index in [4.69, 9.17) is 19.9 Å². The highest BCUT2D eigenvalue weighted by Crippen LogP contribution is 2.35. The van der Waals surface area contributed by atoms with Crippen molar-refractivity contribution in [2.75, 3.05) is 25.6 Å². The number of ether oxygens (including phenoxy) is 3. The molecule has 1 aliphatic rings. The van der Waals surface area contributed by atoms with E-state index in [1.165, 1.54) is 19.2 Å². The molecule has 28 heavy (non-hydrogen) atoms. The maximum atomic E-state index is 13.3. The number of nitrogens with two attached hydrogens (primary N) is 1. The van der Waals surface area contributed by atoms with Crippen LogP contribution in [0.2, 0.25) is 0 Å². The SMILES string of the molecule is COc1ccc(CN=C(N)Nc2ccc3c(c2)OCCCO3)c(C(F)(F)F)c1. The average molecular weight is 395 g/mol. The van der Waals surface area contributed by atoms with Crippen molar-refractivity contribution in [1.82, 2.24) is 0 Å². The van der Waals surface area contributed by atoms with Gasteiger partial charge in [0.15, 0.2) is 17.5 Å². The summed E-state index contributed by atoms with van der Waals surface area (Å²) in [6, 6.07) is 8.89. The maximum absolute atomic E-state index is 13.3. The van der Waals surface area contributed by atoms with Crippen LogP contribution in [0.5, 0.6) is 17.2 Å². The normalized spacial score (nSPS) is 14.4. The molecule has 2 aromatic rings. The van der Waals surface area contributed by atoms with Crippen molar-refractivity contribution in [1.29, 1.82) is 0 Å². The quantitative estimate of drug-likeness (QED) is 0.608. The van der Waals surface area contributed by atoms with Gasteiger partial charge in [-0.3, -0.25) is 0 Å². The Morgan fingerprint density at radius 3 is 2.61 bits per heavy atom. The van der Waals surface area contributed by atoms with E-state index in [2.05, 4.69) is 10.3 Å². The molecule has 9 heteroatoms. The van der Waals surface area contributed by atoms with E-state index < -0.39 is 11.7 Å². The second-order valence-electron chi connectivity index (χ2n) is 6.06. The topological polar surface area (TPSA) is 78.1 Å². The predicted octanol–water partition coefficient (Wildman–Crippen LogP) is 3.80. The van der Waals surface area contributed by atoms with Crippen LogP contribution in [0.15, 0.2) is 41.4 Å². The largest absolute Gasteiger partial charge is 0.497 e. The van der Waals surface area contributed by atoms with Crippen molar-refractivity contribution in [3.8, 4) is 17.2 Å². The Balaban J connectivity index is 1.74. The zero-order valence-electron chi connectivity index (χ0n) is 15.2. The van der Waals surface area contributed by atoms with Gasteiger partial charge in [-0.1, -0.05) is 6.07 Å². The summed E-state index contributed by atoms with van der Waals surface area (Å²) in [6.07, 6.45) is -3.74. The molecule has 0 saturated carbocycles. The Morgan fingerprint density at radius 1 is 1.14 bits per heavy atom. The maximum Gasteiger partial charge on any atom is 0.416 e. The number of nitrogens with zero attached hydrogens (tertiary/aromatic N) is 1. The molecule has 6 nitrogen and oxygen atoms in total. The summed E-state index contributed by atoms with van der Waals surface area (Å²) in [7, 11) is 1.31. The van der Waals surface area contributed by atoms with Gasteiger partial charge in [-0.05, 0) is 29.8 Å². The minimum atomic E-state index is -4.52. The molecule has 0 radical (unpaired) electrons. The number of guanidine groups is 1. The molecule has 0 atom stereocenters. The summed E-state index contributed by atoms with van der Waals surface area (Å²) < 4.78 is 55.8. The van der Waals surface area contributed by atoms with Crippen LogP contribution < -0.4 is 25.3 Å². The summed E-state index contributed by atoms with van der Waals surface area (Å²) in [5, 5.41) is 2.85. The van der Waals surface area contributed by atoms with Gasteiger partial charge in [-0.25, -0.2) is 4.99 Å². The highest BCUT2D eigenvalue weighted by atomic mass is 19.4. The van der Waals surface area contributed by atoms with Crippen LogP contribution in [-0.4, -0.2) is 26.3 Å². The molecule has 0 aromatic heterocycles. The average Bonchev–Trinajstić information content (AvgIpc) is 2.90. The first-order chi connectivity index (χ1) is 13.4. The van der Waals surface area contributed by atoms with E-state index in [0.29, 0.717) is 30.4 Å². The van der Waals surface area contributed by atoms with Gasteiger partial charge in [0.2, 0.25) is 0 Å². The Bertz CT molecular complexity index is 869. The lowest BCUT2D eigenvalue weighted by molar-refractivity contribution is -0.138. The van der Waals surface area contributed by atoms with Crippen molar-refractivity contribution in [2.24, 2.45) is 10.7 Å². The van der Waals surface area contributed by atoms with Crippen LogP contribution in [0.4, 0.5) is 18.9 Å². The van der Waals surface area contributed by atoms with Crippen LogP contribution in [0.1, 0.15) is 17.5 Å². The molecule has 2 aromatic carbocycles. The summed E-state index contributed by atoms with van der Waals surface area (Å²) in [5.41, 5.74) is 5.62. The van der Waals surface area contributed by atoms with Crippen LogP contribution in [0.3, 0.4) is 0 Å². The van der Waals surface area contributed by atoms with Crippen LogP contribution in [0, 0.1) is 0 Å². The summed E-state index contributed by atoms with van der Waals surface area (Å²) in [4.78, 5) is 4.02. The highest BCUT2D eigenvalue weighted by Gasteiger charge is 2.33. The van der Waals surface area contributed by atoms with E-state index in [1.54, 1.807) is 18.2 Å². The second-order valence-corrected chi connectivity index (χ2v) is 6.06. The zero-order chi connectivity index (χ0) is 20.1.